The number of rotatable bonds is 16. The minimum absolute atomic E-state index is 0.0177. The van der Waals surface area contributed by atoms with Gasteiger partial charge in [-0.05, 0) is 66.3 Å². The lowest BCUT2D eigenvalue weighted by Gasteiger charge is -2.38. The van der Waals surface area contributed by atoms with Crippen molar-refractivity contribution in [2.45, 2.75) is 109 Å². The van der Waals surface area contributed by atoms with Gasteiger partial charge in [-0.3, -0.25) is 29.0 Å². The zero-order valence-electron chi connectivity index (χ0n) is 31.3. The highest BCUT2D eigenvalue weighted by Gasteiger charge is 2.40. The number of fused-ring (bicyclic) bond motifs is 1. The highest BCUT2D eigenvalue weighted by atomic mass is 16.4. The van der Waals surface area contributed by atoms with Crippen molar-refractivity contribution in [2.24, 2.45) is 28.3 Å². The molecule has 0 spiro atoms. The molecule has 1 unspecified atom stereocenters. The van der Waals surface area contributed by atoms with E-state index < -0.39 is 47.9 Å². The first-order valence-electron chi connectivity index (χ1n) is 18.7. The zero-order valence-corrected chi connectivity index (χ0v) is 31.3. The number of aliphatic carboxylic acids is 1. The fourth-order valence-electron chi connectivity index (χ4n) is 7.19. The number of anilines is 1. The van der Waals surface area contributed by atoms with Gasteiger partial charge in [0.25, 0.3) is 0 Å². The van der Waals surface area contributed by atoms with E-state index in [1.165, 1.54) is 11.8 Å². The van der Waals surface area contributed by atoms with Crippen LogP contribution in [0.15, 0.2) is 53.5 Å². The van der Waals surface area contributed by atoms with Crippen LogP contribution in [0.5, 0.6) is 0 Å². The van der Waals surface area contributed by atoms with Crippen LogP contribution in [-0.4, -0.2) is 82.2 Å². The van der Waals surface area contributed by atoms with Gasteiger partial charge in [0.15, 0.2) is 5.96 Å². The maximum absolute atomic E-state index is 14.5. The molecule has 15 heteroatoms. The van der Waals surface area contributed by atoms with Crippen molar-refractivity contribution in [3.8, 4) is 0 Å². The zero-order chi connectivity index (χ0) is 39.4. The predicted octanol–water partition coefficient (Wildman–Crippen LogP) is 1.97. The van der Waals surface area contributed by atoms with Crippen LogP contribution in [0.25, 0.3) is 0 Å². The van der Waals surface area contributed by atoms with E-state index in [0.29, 0.717) is 24.1 Å². The normalized spacial score (nSPS) is 17.3. The fourth-order valence-corrected chi connectivity index (χ4v) is 7.19. The Kier molecular flexibility index (Phi) is 15.0. The summed E-state index contributed by atoms with van der Waals surface area (Å²) in [6.45, 7) is 4.98. The Labute approximate surface area is 316 Å². The Morgan fingerprint density at radius 3 is 2.24 bits per heavy atom. The molecule has 292 valence electrons. The number of hydrogen-bond acceptors (Lipinski definition) is 7. The number of nitrogens with zero attached hydrogens (tertiary/aromatic N) is 2. The molecule has 1 heterocycles. The number of carboxylic acids is 1. The Balaban J connectivity index is 1.59. The second-order valence-corrected chi connectivity index (χ2v) is 14.5. The van der Waals surface area contributed by atoms with Gasteiger partial charge in [-0.25, -0.2) is 4.79 Å². The molecule has 2 aromatic rings. The molecule has 4 rings (SSSR count). The monoisotopic (exact) mass is 746 g/mol. The maximum atomic E-state index is 14.5. The third-order valence-electron chi connectivity index (χ3n) is 9.97. The lowest BCUT2D eigenvalue weighted by atomic mass is 9.83. The first-order chi connectivity index (χ1) is 25.7. The second kappa shape index (κ2) is 19.6. The van der Waals surface area contributed by atoms with E-state index >= 15 is 0 Å². The minimum atomic E-state index is -1.22. The van der Waals surface area contributed by atoms with Crippen molar-refractivity contribution in [1.29, 1.82) is 0 Å². The molecule has 0 radical (unpaired) electrons. The molecule has 1 aliphatic carbocycles. The molecular formula is C39H54N8O7. The standard InChI is InChI=1S/C39H54N8O7/c1-23(2)33(43-24(3)48)35(50)46-34(26-13-8-5-9-14-26)36(51)45-30(15-10-18-42-39(40)41)37(52)47-22-28-20-29(17-16-27(28)21-31(47)38(53)54)44-32(49)19-25-11-6-4-7-12-25/h4,6-7,11-12,16-17,20,23,26,30-31,33-34H,5,8-10,13-15,18-19,21-22H2,1-3H3,(H,43,48)(H,44,49)(H,45,51)(H,46,50)(H,53,54)(H4,40,41,42)/t30-,31-,33-,34?/m0/s1. The molecule has 1 fully saturated rings. The summed E-state index contributed by atoms with van der Waals surface area (Å²) in [5, 5.41) is 21.6. The van der Waals surface area contributed by atoms with Crippen molar-refractivity contribution in [3.63, 3.8) is 0 Å². The van der Waals surface area contributed by atoms with Gasteiger partial charge in [0.2, 0.25) is 29.5 Å². The number of carbonyl (C=O) groups is 6. The van der Waals surface area contributed by atoms with E-state index in [2.05, 4.69) is 26.3 Å². The summed E-state index contributed by atoms with van der Waals surface area (Å²) >= 11 is 0. The van der Waals surface area contributed by atoms with E-state index in [1.54, 1.807) is 32.0 Å². The van der Waals surface area contributed by atoms with Crippen molar-refractivity contribution in [2.75, 3.05) is 11.9 Å². The molecule has 0 bridgehead atoms. The lowest BCUT2D eigenvalue weighted by Crippen LogP contribution is -2.61. The van der Waals surface area contributed by atoms with Crippen LogP contribution in [0.3, 0.4) is 0 Å². The van der Waals surface area contributed by atoms with Crippen LogP contribution in [0.2, 0.25) is 0 Å². The first-order valence-corrected chi connectivity index (χ1v) is 18.7. The summed E-state index contributed by atoms with van der Waals surface area (Å²) in [5.41, 5.74) is 13.8. The smallest absolute Gasteiger partial charge is 0.326 e. The van der Waals surface area contributed by atoms with Crippen molar-refractivity contribution >= 4 is 47.2 Å². The Morgan fingerprint density at radius 1 is 0.907 bits per heavy atom. The van der Waals surface area contributed by atoms with Gasteiger partial charge in [0.1, 0.15) is 24.2 Å². The average Bonchev–Trinajstić information content (AvgIpc) is 3.13. The van der Waals surface area contributed by atoms with Crippen LogP contribution in [0.1, 0.15) is 82.4 Å². The molecule has 15 nitrogen and oxygen atoms in total. The Bertz CT molecular complexity index is 1690. The van der Waals surface area contributed by atoms with Gasteiger partial charge in [-0.15, -0.1) is 0 Å². The molecule has 4 atom stereocenters. The topological polar surface area (TPSA) is 238 Å². The van der Waals surface area contributed by atoms with Crippen molar-refractivity contribution in [1.82, 2.24) is 20.9 Å². The van der Waals surface area contributed by atoms with Crippen molar-refractivity contribution < 1.29 is 33.9 Å². The largest absolute Gasteiger partial charge is 0.480 e. The molecule has 5 amide bonds. The summed E-state index contributed by atoms with van der Waals surface area (Å²) < 4.78 is 0. The van der Waals surface area contributed by atoms with Gasteiger partial charge in [0, 0.05) is 32.1 Å². The van der Waals surface area contributed by atoms with E-state index in [-0.39, 0.29) is 68.4 Å². The van der Waals surface area contributed by atoms with Gasteiger partial charge < -0.3 is 42.7 Å². The maximum Gasteiger partial charge on any atom is 0.326 e. The van der Waals surface area contributed by atoms with Crippen LogP contribution >= 0.6 is 0 Å². The molecule has 2 aliphatic rings. The highest BCUT2D eigenvalue weighted by Crippen LogP contribution is 2.29. The van der Waals surface area contributed by atoms with Crippen molar-refractivity contribution in [3.05, 3.63) is 65.2 Å². The fraction of sp³-hybridized carbons (Fsp3) is 0.513. The summed E-state index contributed by atoms with van der Waals surface area (Å²) in [5.74, 6) is -4.12. The van der Waals surface area contributed by atoms with Gasteiger partial charge in [0.05, 0.1) is 6.42 Å². The third-order valence-corrected chi connectivity index (χ3v) is 9.97. The van der Waals surface area contributed by atoms with Gasteiger partial charge in [-0.1, -0.05) is 69.5 Å². The second-order valence-electron chi connectivity index (χ2n) is 14.5. The van der Waals surface area contributed by atoms with Gasteiger partial charge >= 0.3 is 5.97 Å². The Hall–Kier alpha value is -5.47. The molecule has 1 aliphatic heterocycles. The lowest BCUT2D eigenvalue weighted by molar-refractivity contribution is -0.153. The average molecular weight is 747 g/mol. The predicted molar refractivity (Wildman–Crippen MR) is 204 cm³/mol. The van der Waals surface area contributed by atoms with E-state index in [4.69, 9.17) is 11.5 Å². The number of benzene rings is 2. The number of carbonyl (C=O) groups excluding carboxylic acids is 5. The summed E-state index contributed by atoms with van der Waals surface area (Å²) in [6.07, 6.45) is 4.65. The molecule has 0 aromatic heterocycles. The number of nitrogens with one attached hydrogen (secondary N) is 4. The number of aliphatic imine (C=N–C) groups is 1. The minimum Gasteiger partial charge on any atom is -0.480 e. The van der Waals surface area contributed by atoms with Crippen LogP contribution in [-0.2, 0) is 48.2 Å². The summed E-state index contributed by atoms with van der Waals surface area (Å²) in [7, 11) is 0. The number of amides is 5. The number of guanidine groups is 1. The Morgan fingerprint density at radius 2 is 1.61 bits per heavy atom. The quantitative estimate of drug-likeness (QED) is 0.0754. The number of nitrogens with two attached hydrogens (primary N) is 2. The number of hydrogen-bond donors (Lipinski definition) is 7. The molecular weight excluding hydrogens is 692 g/mol. The third kappa shape index (κ3) is 11.8. The van der Waals surface area contributed by atoms with E-state index in [0.717, 1.165) is 30.4 Å². The first kappa shape index (κ1) is 41.3. The summed E-state index contributed by atoms with van der Waals surface area (Å²) in [4.78, 5) is 84.8. The van der Waals surface area contributed by atoms with E-state index in [1.807, 2.05) is 30.3 Å². The molecule has 9 N–H and O–H groups in total. The highest BCUT2D eigenvalue weighted by molar-refractivity contribution is 5.96. The molecule has 2 aromatic carbocycles. The summed E-state index contributed by atoms with van der Waals surface area (Å²) in [6, 6.07) is 10.2. The molecule has 54 heavy (non-hydrogen) atoms. The molecule has 1 saturated carbocycles. The molecule has 0 saturated heterocycles. The van der Waals surface area contributed by atoms with Gasteiger partial charge in [-0.2, -0.15) is 0 Å². The SMILES string of the molecule is CC(=O)N[C@H](C(=O)NC(C(=O)N[C@@H](CCCN=C(N)N)C(=O)N1Cc2cc(NC(=O)Cc3ccccc3)ccc2C[C@H]1C(=O)O)C1CCCCC1)C(C)C. The van der Waals surface area contributed by atoms with Crippen LogP contribution in [0.4, 0.5) is 5.69 Å². The van der Waals surface area contributed by atoms with Crippen LogP contribution in [0, 0.1) is 11.8 Å². The van der Waals surface area contributed by atoms with E-state index in [9.17, 15) is 33.9 Å². The van der Waals surface area contributed by atoms with Crippen LogP contribution < -0.4 is 32.7 Å². The number of carboxylic acid groups (broad SMARTS) is 1.